The second kappa shape index (κ2) is 5.58. The van der Waals surface area contributed by atoms with Crippen LogP contribution in [0.2, 0.25) is 0 Å². The van der Waals surface area contributed by atoms with Crippen LogP contribution in [0.3, 0.4) is 0 Å². The fraction of sp³-hybridized carbons (Fsp3) is 0.188. The van der Waals surface area contributed by atoms with Crippen molar-refractivity contribution in [2.75, 3.05) is 0 Å². The molecule has 0 N–H and O–H groups in total. The lowest BCUT2D eigenvalue weighted by Crippen LogP contribution is -2.03. The van der Waals surface area contributed by atoms with E-state index >= 15 is 0 Å². The van der Waals surface area contributed by atoms with Gasteiger partial charge < -0.3 is 4.57 Å². The monoisotopic (exact) mass is 348 g/mol. The molecule has 2 aromatic carbocycles. The molecule has 0 aliphatic heterocycles. The van der Waals surface area contributed by atoms with Crippen molar-refractivity contribution in [1.29, 1.82) is 0 Å². The van der Waals surface area contributed by atoms with E-state index in [1.54, 1.807) is 0 Å². The van der Waals surface area contributed by atoms with E-state index in [1.165, 1.54) is 11.1 Å². The van der Waals surface area contributed by atoms with Gasteiger partial charge in [-0.2, -0.15) is 0 Å². The third-order valence-corrected chi connectivity index (χ3v) is 4.12. The van der Waals surface area contributed by atoms with Gasteiger partial charge >= 0.3 is 0 Å². The molecule has 4 heteroatoms. The van der Waals surface area contributed by atoms with Crippen molar-refractivity contribution in [2.45, 2.75) is 19.3 Å². The Balaban J connectivity index is 2.07. The van der Waals surface area contributed by atoms with Gasteiger partial charge in [0.2, 0.25) is 0 Å². The van der Waals surface area contributed by atoms with Crippen LogP contribution in [0.1, 0.15) is 17.0 Å². The van der Waals surface area contributed by atoms with E-state index in [1.807, 2.05) is 0 Å². The van der Waals surface area contributed by atoms with Gasteiger partial charge in [0.1, 0.15) is 5.82 Å². The first-order chi connectivity index (χ1) is 9.67. The first kappa shape index (κ1) is 13.7. The third kappa shape index (κ3) is 2.60. The van der Waals surface area contributed by atoms with E-state index in [4.69, 9.17) is 11.6 Å². The van der Waals surface area contributed by atoms with Gasteiger partial charge in [-0.05, 0) is 42.3 Å². The molecular formula is C16H14BrClN2. The summed E-state index contributed by atoms with van der Waals surface area (Å²) in [5, 5.41) is 0. The summed E-state index contributed by atoms with van der Waals surface area (Å²) in [5.41, 5.74) is 4.60. The van der Waals surface area contributed by atoms with Crippen LogP contribution >= 0.6 is 27.5 Å². The minimum absolute atomic E-state index is 0.421. The zero-order valence-electron chi connectivity index (χ0n) is 11.1. The van der Waals surface area contributed by atoms with Gasteiger partial charge in [-0.25, -0.2) is 4.98 Å². The van der Waals surface area contributed by atoms with Gasteiger partial charge in [-0.3, -0.25) is 0 Å². The molecule has 20 heavy (non-hydrogen) atoms. The van der Waals surface area contributed by atoms with Crippen molar-refractivity contribution < 1.29 is 0 Å². The molecule has 3 rings (SSSR count). The fourth-order valence-electron chi connectivity index (χ4n) is 2.34. The van der Waals surface area contributed by atoms with Crippen LogP contribution in [-0.4, -0.2) is 9.55 Å². The zero-order valence-corrected chi connectivity index (χ0v) is 13.4. The SMILES string of the molecule is Cc1ccc2c(c1)nc(CCl)n2Cc1ccc(Br)cc1. The minimum atomic E-state index is 0.421. The molecule has 0 aliphatic rings. The number of aryl methyl sites for hydroxylation is 1. The number of halogens is 2. The summed E-state index contributed by atoms with van der Waals surface area (Å²) in [4.78, 5) is 4.63. The molecule has 0 bridgehead atoms. The van der Waals surface area contributed by atoms with Gasteiger partial charge in [0, 0.05) is 11.0 Å². The number of alkyl halides is 1. The summed E-state index contributed by atoms with van der Waals surface area (Å²) >= 11 is 9.50. The van der Waals surface area contributed by atoms with Crippen molar-refractivity contribution in [1.82, 2.24) is 9.55 Å². The lowest BCUT2D eigenvalue weighted by Gasteiger charge is -2.08. The number of nitrogens with zero attached hydrogens (tertiary/aromatic N) is 2. The highest BCUT2D eigenvalue weighted by molar-refractivity contribution is 9.10. The number of aromatic nitrogens is 2. The Morgan fingerprint density at radius 3 is 2.60 bits per heavy atom. The number of imidazole rings is 1. The predicted octanol–water partition coefficient (Wildman–Crippen LogP) is 4.89. The standard InChI is InChI=1S/C16H14BrClN2/c1-11-2-7-15-14(8-11)19-16(9-18)20(15)10-12-3-5-13(17)6-4-12/h2-8H,9-10H2,1H3. The van der Waals surface area contributed by atoms with E-state index < -0.39 is 0 Å². The van der Waals surface area contributed by atoms with E-state index in [0.717, 1.165) is 27.9 Å². The summed E-state index contributed by atoms with van der Waals surface area (Å²) in [6.07, 6.45) is 0. The van der Waals surface area contributed by atoms with E-state index in [2.05, 4.69) is 74.9 Å². The van der Waals surface area contributed by atoms with E-state index in [-0.39, 0.29) is 0 Å². The summed E-state index contributed by atoms with van der Waals surface area (Å²) in [5.74, 6) is 1.33. The average molecular weight is 350 g/mol. The van der Waals surface area contributed by atoms with Crippen molar-refractivity contribution >= 4 is 38.6 Å². The second-order valence-electron chi connectivity index (χ2n) is 4.87. The number of hydrogen-bond acceptors (Lipinski definition) is 1. The lowest BCUT2D eigenvalue weighted by molar-refractivity contribution is 0.778. The summed E-state index contributed by atoms with van der Waals surface area (Å²) < 4.78 is 3.27. The Labute approximate surface area is 131 Å². The second-order valence-corrected chi connectivity index (χ2v) is 6.05. The minimum Gasteiger partial charge on any atom is -0.322 e. The molecule has 0 saturated carbocycles. The van der Waals surface area contributed by atoms with Gasteiger partial charge in [0.05, 0.1) is 16.9 Å². The molecule has 1 aromatic heterocycles. The summed E-state index contributed by atoms with van der Waals surface area (Å²) in [6, 6.07) is 14.7. The van der Waals surface area contributed by atoms with Crippen LogP contribution in [0.4, 0.5) is 0 Å². The Bertz CT molecular complexity index is 747. The van der Waals surface area contributed by atoms with Gasteiger partial charge in [-0.1, -0.05) is 34.1 Å². The molecule has 1 heterocycles. The number of hydrogen-bond donors (Lipinski definition) is 0. The molecule has 3 aromatic rings. The predicted molar refractivity (Wildman–Crippen MR) is 87.3 cm³/mol. The molecule has 0 fully saturated rings. The Kier molecular flexibility index (Phi) is 3.81. The topological polar surface area (TPSA) is 17.8 Å². The quantitative estimate of drug-likeness (QED) is 0.615. The van der Waals surface area contributed by atoms with Crippen LogP contribution in [0.15, 0.2) is 46.9 Å². The fourth-order valence-corrected chi connectivity index (χ4v) is 2.81. The Hall–Kier alpha value is -1.32. The molecule has 0 radical (unpaired) electrons. The number of fused-ring (bicyclic) bond motifs is 1. The van der Waals surface area contributed by atoms with Gasteiger partial charge in [0.15, 0.2) is 0 Å². The molecule has 0 unspecified atom stereocenters. The van der Waals surface area contributed by atoms with Crippen LogP contribution in [0.5, 0.6) is 0 Å². The van der Waals surface area contributed by atoms with Crippen LogP contribution in [-0.2, 0) is 12.4 Å². The molecule has 0 saturated heterocycles. The molecule has 2 nitrogen and oxygen atoms in total. The molecule has 102 valence electrons. The highest BCUT2D eigenvalue weighted by atomic mass is 79.9. The van der Waals surface area contributed by atoms with Crippen molar-refractivity contribution in [3.05, 3.63) is 63.9 Å². The Morgan fingerprint density at radius 2 is 1.90 bits per heavy atom. The largest absolute Gasteiger partial charge is 0.322 e. The maximum atomic E-state index is 6.04. The van der Waals surface area contributed by atoms with Gasteiger partial charge in [0.25, 0.3) is 0 Å². The highest BCUT2D eigenvalue weighted by Crippen LogP contribution is 2.21. The zero-order chi connectivity index (χ0) is 14.1. The van der Waals surface area contributed by atoms with Crippen LogP contribution < -0.4 is 0 Å². The van der Waals surface area contributed by atoms with E-state index in [9.17, 15) is 0 Å². The smallest absolute Gasteiger partial charge is 0.125 e. The van der Waals surface area contributed by atoms with Crippen LogP contribution in [0, 0.1) is 6.92 Å². The first-order valence-corrected chi connectivity index (χ1v) is 7.76. The maximum Gasteiger partial charge on any atom is 0.125 e. The first-order valence-electron chi connectivity index (χ1n) is 6.43. The molecule has 0 atom stereocenters. The molecule has 0 aliphatic carbocycles. The molecule has 0 amide bonds. The molecule has 0 spiro atoms. The van der Waals surface area contributed by atoms with E-state index in [0.29, 0.717) is 5.88 Å². The van der Waals surface area contributed by atoms with Crippen molar-refractivity contribution in [3.8, 4) is 0 Å². The lowest BCUT2D eigenvalue weighted by atomic mass is 10.2. The normalized spacial score (nSPS) is 11.2. The maximum absolute atomic E-state index is 6.04. The number of rotatable bonds is 3. The van der Waals surface area contributed by atoms with Gasteiger partial charge in [-0.15, -0.1) is 11.6 Å². The van der Waals surface area contributed by atoms with Crippen molar-refractivity contribution in [3.63, 3.8) is 0 Å². The molecular weight excluding hydrogens is 336 g/mol. The summed E-state index contributed by atoms with van der Waals surface area (Å²) in [6.45, 7) is 2.86. The van der Waals surface area contributed by atoms with Crippen molar-refractivity contribution in [2.24, 2.45) is 0 Å². The third-order valence-electron chi connectivity index (χ3n) is 3.36. The Morgan fingerprint density at radius 1 is 1.15 bits per heavy atom. The van der Waals surface area contributed by atoms with Crippen LogP contribution in [0.25, 0.3) is 11.0 Å². The summed E-state index contributed by atoms with van der Waals surface area (Å²) in [7, 11) is 0. The highest BCUT2D eigenvalue weighted by Gasteiger charge is 2.10. The average Bonchev–Trinajstić information content (AvgIpc) is 2.78. The number of benzene rings is 2.